The third-order valence-electron chi connectivity index (χ3n) is 1.00. The van der Waals surface area contributed by atoms with Crippen LogP contribution < -0.4 is 0 Å². The van der Waals surface area contributed by atoms with Gasteiger partial charge in [-0.1, -0.05) is 13.8 Å². The number of hydrogen-bond donors (Lipinski definition) is 0. The lowest BCUT2D eigenvalue weighted by Crippen LogP contribution is -2.18. The molecule has 0 heterocycles. The van der Waals surface area contributed by atoms with Crippen molar-refractivity contribution in [2.45, 2.75) is 33.1 Å². The van der Waals surface area contributed by atoms with Gasteiger partial charge in [0.25, 0.3) is 0 Å². The minimum atomic E-state index is -5.57. The Morgan fingerprint density at radius 1 is 0.786 bits per heavy atom. The first-order chi connectivity index (χ1) is 6.07. The van der Waals surface area contributed by atoms with E-state index >= 15 is 0 Å². The van der Waals surface area contributed by atoms with Crippen molar-refractivity contribution in [1.82, 2.24) is 0 Å². The number of hydrogen-bond acceptors (Lipinski definition) is 0. The molecule has 0 nitrogen and oxygen atoms in total. The molecule has 0 aromatic carbocycles. The molecule has 0 unspecified atom stereocenters. The van der Waals surface area contributed by atoms with Gasteiger partial charge in [0.15, 0.2) is 0 Å². The zero-order valence-corrected chi connectivity index (χ0v) is 7.65. The Kier molecular flexibility index (Phi) is 5.85. The number of rotatable bonds is 0. The maximum Gasteiger partial charge on any atom is 0.443 e. The zero-order chi connectivity index (χ0) is 12.2. The molecule has 0 spiro atoms. The van der Waals surface area contributed by atoms with Crippen molar-refractivity contribution < 1.29 is 30.7 Å². The Morgan fingerprint density at radius 3 is 1.14 bits per heavy atom. The quantitative estimate of drug-likeness (QED) is 0.537. The van der Waals surface area contributed by atoms with Crippen molar-refractivity contribution in [3.63, 3.8) is 0 Å². The first kappa shape index (κ1) is 15.7. The predicted octanol–water partition coefficient (Wildman–Crippen LogP) is 4.38. The fraction of sp³-hybridized carbons (Fsp3) is 0.714. The van der Waals surface area contributed by atoms with Crippen LogP contribution in [0.2, 0.25) is 0 Å². The number of alkyl halides is 6. The molecule has 0 aliphatic carbocycles. The predicted molar refractivity (Wildman–Crippen MR) is 37.3 cm³/mol. The number of halogens is 7. The second kappa shape index (κ2) is 5.21. The molecule has 0 atom stereocenters. The Morgan fingerprint density at radius 2 is 1.07 bits per heavy atom. The van der Waals surface area contributed by atoms with Gasteiger partial charge in [0.05, 0.1) is 5.57 Å². The molecule has 14 heavy (non-hydrogen) atoms. The van der Waals surface area contributed by atoms with E-state index in [-0.39, 0.29) is 6.92 Å². The Hall–Kier alpha value is -0.750. The third kappa shape index (κ3) is 5.08. The normalized spacial score (nSPS) is 14.1. The Bertz CT molecular complexity index is 173. The average molecular weight is 226 g/mol. The highest BCUT2D eigenvalue weighted by molar-refractivity contribution is 5.14. The molecule has 0 aromatic rings. The second-order valence-electron chi connectivity index (χ2n) is 1.93. The van der Waals surface area contributed by atoms with Gasteiger partial charge in [0, 0.05) is 0 Å². The summed E-state index contributed by atoms with van der Waals surface area (Å²) in [5.41, 5.74) is -2.27. The van der Waals surface area contributed by atoms with Crippen molar-refractivity contribution in [3.05, 3.63) is 11.4 Å². The van der Waals surface area contributed by atoms with Gasteiger partial charge in [-0.2, -0.15) is 26.3 Å². The van der Waals surface area contributed by atoms with E-state index in [1.165, 1.54) is 0 Å². The van der Waals surface area contributed by atoms with Crippen molar-refractivity contribution in [2.24, 2.45) is 0 Å². The fourth-order valence-electron chi connectivity index (χ4n) is 0.337. The van der Waals surface area contributed by atoms with Gasteiger partial charge in [-0.25, -0.2) is 4.39 Å². The van der Waals surface area contributed by atoms with Crippen molar-refractivity contribution in [2.75, 3.05) is 0 Å². The van der Waals surface area contributed by atoms with Crippen molar-refractivity contribution in [1.29, 1.82) is 0 Å². The SMILES string of the molecule is C/C(=C(/F)C(F)(F)F)C(F)(F)F.CC. The van der Waals surface area contributed by atoms with Gasteiger partial charge in [-0.15, -0.1) is 0 Å². The molecule has 0 aliphatic heterocycles. The molecule has 0 saturated heterocycles. The molecule has 0 N–H and O–H groups in total. The van der Waals surface area contributed by atoms with Crippen LogP contribution in [0.3, 0.4) is 0 Å². The lowest BCUT2D eigenvalue weighted by atomic mass is 10.2. The maximum absolute atomic E-state index is 11.8. The lowest BCUT2D eigenvalue weighted by molar-refractivity contribution is -0.128. The van der Waals surface area contributed by atoms with E-state index in [4.69, 9.17) is 0 Å². The molecular weight excluding hydrogens is 217 g/mol. The summed E-state index contributed by atoms with van der Waals surface area (Å²) in [7, 11) is 0. The van der Waals surface area contributed by atoms with Gasteiger partial charge < -0.3 is 0 Å². The first-order valence-electron chi connectivity index (χ1n) is 3.57. The molecule has 0 bridgehead atoms. The van der Waals surface area contributed by atoms with E-state index in [1.54, 1.807) is 0 Å². The summed E-state index contributed by atoms with van der Waals surface area (Å²) in [5.74, 6) is -3.10. The molecule has 0 radical (unpaired) electrons. The molecule has 7 heteroatoms. The zero-order valence-electron chi connectivity index (χ0n) is 7.65. The van der Waals surface area contributed by atoms with Crippen molar-refractivity contribution >= 4 is 0 Å². The van der Waals surface area contributed by atoms with Crippen molar-refractivity contribution in [3.8, 4) is 0 Å². The van der Waals surface area contributed by atoms with E-state index in [0.29, 0.717) is 0 Å². The minimum absolute atomic E-state index is 0.0306. The van der Waals surface area contributed by atoms with E-state index < -0.39 is 23.8 Å². The van der Waals surface area contributed by atoms with Crippen LogP contribution in [-0.2, 0) is 0 Å². The summed E-state index contributed by atoms with van der Waals surface area (Å²) in [4.78, 5) is 0. The van der Waals surface area contributed by atoms with Gasteiger partial charge in [-0.05, 0) is 6.92 Å². The Labute approximate surface area is 76.4 Å². The molecule has 0 aromatic heterocycles. The monoisotopic (exact) mass is 226 g/mol. The molecule has 0 saturated carbocycles. The van der Waals surface area contributed by atoms with Crippen LogP contribution in [0.5, 0.6) is 0 Å². The van der Waals surface area contributed by atoms with E-state index in [2.05, 4.69) is 0 Å². The summed E-state index contributed by atoms with van der Waals surface area (Å²) in [6, 6.07) is 0. The van der Waals surface area contributed by atoms with E-state index in [1.807, 2.05) is 13.8 Å². The highest BCUT2D eigenvalue weighted by atomic mass is 19.4. The molecular formula is C7H9F7. The summed E-state index contributed by atoms with van der Waals surface area (Å²) >= 11 is 0. The largest absolute Gasteiger partial charge is 0.443 e. The highest BCUT2D eigenvalue weighted by Gasteiger charge is 2.44. The average Bonchev–Trinajstić information content (AvgIpc) is 2.02. The molecule has 0 amide bonds. The molecule has 0 aliphatic rings. The van der Waals surface area contributed by atoms with Gasteiger partial charge >= 0.3 is 12.4 Å². The summed E-state index contributed by atoms with van der Waals surface area (Å²) in [6.45, 7) is 4.03. The second-order valence-corrected chi connectivity index (χ2v) is 1.93. The van der Waals surface area contributed by atoms with Crippen LogP contribution in [0.1, 0.15) is 20.8 Å². The smallest absolute Gasteiger partial charge is 0.201 e. The lowest BCUT2D eigenvalue weighted by Gasteiger charge is -2.10. The van der Waals surface area contributed by atoms with E-state index in [0.717, 1.165) is 0 Å². The summed E-state index contributed by atoms with van der Waals surface area (Å²) in [6.07, 6.45) is -10.8. The van der Waals surface area contributed by atoms with Crippen LogP contribution >= 0.6 is 0 Å². The van der Waals surface area contributed by atoms with Gasteiger partial charge in [-0.3, -0.25) is 0 Å². The fourth-order valence-corrected chi connectivity index (χ4v) is 0.337. The molecule has 0 fully saturated rings. The van der Waals surface area contributed by atoms with Crippen LogP contribution in [-0.4, -0.2) is 12.4 Å². The number of allylic oxidation sites excluding steroid dienone is 2. The van der Waals surface area contributed by atoms with E-state index in [9.17, 15) is 30.7 Å². The van der Waals surface area contributed by atoms with Crippen LogP contribution in [0.25, 0.3) is 0 Å². The summed E-state index contributed by atoms with van der Waals surface area (Å²) in [5, 5.41) is 0. The van der Waals surface area contributed by atoms with Crippen LogP contribution in [0.15, 0.2) is 11.4 Å². The standard InChI is InChI=1S/C5H3F7.C2H6/c1-2(4(7,8)9)3(6)5(10,11)12;1-2/h1H3;1-2H3/b3-2-;. The minimum Gasteiger partial charge on any atom is -0.201 e. The summed E-state index contributed by atoms with van der Waals surface area (Å²) < 4.78 is 80.0. The van der Waals surface area contributed by atoms with Gasteiger partial charge in [0.2, 0.25) is 5.83 Å². The van der Waals surface area contributed by atoms with Crippen LogP contribution in [0, 0.1) is 0 Å². The highest BCUT2D eigenvalue weighted by Crippen LogP contribution is 2.36. The molecule has 0 rings (SSSR count). The first-order valence-corrected chi connectivity index (χ1v) is 3.57. The van der Waals surface area contributed by atoms with Gasteiger partial charge in [0.1, 0.15) is 0 Å². The van der Waals surface area contributed by atoms with Crippen LogP contribution in [0.4, 0.5) is 30.7 Å². The topological polar surface area (TPSA) is 0 Å². The third-order valence-corrected chi connectivity index (χ3v) is 1.00. The maximum atomic E-state index is 11.8. The molecule has 86 valence electrons. The Balaban J connectivity index is 0.